The molecule has 2 nitrogen and oxygen atoms in total. The molecule has 4 rings (SSSR count). The van der Waals surface area contributed by atoms with Gasteiger partial charge >= 0.3 is 0 Å². The molecule has 0 amide bonds. The van der Waals surface area contributed by atoms with Gasteiger partial charge in [-0.25, -0.2) is 0 Å². The fourth-order valence-electron chi connectivity index (χ4n) is 7.42. The number of Topliss-reactive ketones (excluding diaryl/α,β-unsaturated/α-hetero) is 1. The van der Waals surface area contributed by atoms with E-state index in [9.17, 15) is 9.90 Å². The fraction of sp³-hybridized carbons (Fsp3) is 0.792. The SMILES string of the molecule is CC.CC(=O)[C@@]1(O)CC[C@H]2[C@@H]3C[C@H](C)C4=CC=CC[C@]4(C)[C@H]3CC[C@@]21C. The third kappa shape index (κ3) is 2.44. The number of allylic oxidation sites excluding steroid dienone is 4. The summed E-state index contributed by atoms with van der Waals surface area (Å²) in [5.74, 6) is 2.46. The van der Waals surface area contributed by atoms with E-state index in [1.165, 1.54) is 6.42 Å². The van der Waals surface area contributed by atoms with Crippen LogP contribution in [0.2, 0.25) is 0 Å². The fourth-order valence-corrected chi connectivity index (χ4v) is 7.42. The molecule has 0 aromatic rings. The summed E-state index contributed by atoms with van der Waals surface area (Å²) in [6.07, 6.45) is 13.2. The first-order valence-electron chi connectivity index (χ1n) is 10.8. The van der Waals surface area contributed by atoms with Crippen LogP contribution in [0, 0.1) is 34.5 Å². The second-order valence-corrected chi connectivity index (χ2v) is 9.60. The van der Waals surface area contributed by atoms with Crippen LogP contribution in [0.1, 0.15) is 80.1 Å². The number of aliphatic hydroxyl groups is 1. The van der Waals surface area contributed by atoms with Gasteiger partial charge in [0.1, 0.15) is 5.60 Å². The molecule has 0 spiro atoms. The van der Waals surface area contributed by atoms with E-state index in [0.29, 0.717) is 30.1 Å². The van der Waals surface area contributed by atoms with Gasteiger partial charge < -0.3 is 5.11 Å². The zero-order valence-corrected chi connectivity index (χ0v) is 17.6. The molecule has 7 atom stereocenters. The third-order valence-corrected chi connectivity index (χ3v) is 8.76. The molecule has 0 aromatic heterocycles. The summed E-state index contributed by atoms with van der Waals surface area (Å²) in [6.45, 7) is 12.7. The van der Waals surface area contributed by atoms with Crippen LogP contribution in [0.15, 0.2) is 23.8 Å². The lowest BCUT2D eigenvalue weighted by atomic mass is 9.45. The van der Waals surface area contributed by atoms with Crippen LogP contribution in [0.4, 0.5) is 0 Å². The molecular formula is C24H38O2. The lowest BCUT2D eigenvalue weighted by Gasteiger charge is -2.60. The highest BCUT2D eigenvalue weighted by Gasteiger charge is 2.65. The Balaban J connectivity index is 0.000000948. The molecule has 0 bridgehead atoms. The Kier molecular flexibility index (Phi) is 5.06. The standard InChI is InChI=1S/C22H32O2.C2H6/c1-14-13-16-18(20(3)10-6-5-7-17(14)20)8-11-21(4)19(16)9-12-22(21,24)15(2)23;1-2/h5-7,14,16,18-19,24H,8-13H2,1-4H3;1-2H3/t14-,16+,18-,19-,20-,21-,22-;/m0./s1. The molecule has 0 saturated heterocycles. The van der Waals surface area contributed by atoms with E-state index >= 15 is 0 Å². The van der Waals surface area contributed by atoms with E-state index in [1.54, 1.807) is 12.5 Å². The second kappa shape index (κ2) is 6.62. The van der Waals surface area contributed by atoms with Crippen molar-refractivity contribution in [2.75, 3.05) is 0 Å². The van der Waals surface area contributed by atoms with E-state index in [2.05, 4.69) is 39.0 Å². The smallest absolute Gasteiger partial charge is 0.161 e. The van der Waals surface area contributed by atoms with Crippen LogP contribution >= 0.6 is 0 Å². The first-order chi connectivity index (χ1) is 12.2. The van der Waals surface area contributed by atoms with Gasteiger partial charge in [0.05, 0.1) is 0 Å². The van der Waals surface area contributed by atoms with Gasteiger partial charge in [-0.3, -0.25) is 4.79 Å². The summed E-state index contributed by atoms with van der Waals surface area (Å²) < 4.78 is 0. The Hall–Kier alpha value is -0.890. The summed E-state index contributed by atoms with van der Waals surface area (Å²) in [7, 11) is 0. The lowest BCUT2D eigenvalue weighted by molar-refractivity contribution is -0.160. The van der Waals surface area contributed by atoms with Gasteiger partial charge in [0.25, 0.3) is 0 Å². The molecule has 2 heteroatoms. The summed E-state index contributed by atoms with van der Waals surface area (Å²) >= 11 is 0. The Bertz CT molecular complexity index is 632. The highest BCUT2D eigenvalue weighted by molar-refractivity contribution is 5.86. The minimum absolute atomic E-state index is 0.0118. The van der Waals surface area contributed by atoms with Gasteiger partial charge in [-0.2, -0.15) is 0 Å². The summed E-state index contributed by atoms with van der Waals surface area (Å²) in [5, 5.41) is 11.2. The minimum atomic E-state index is -1.09. The summed E-state index contributed by atoms with van der Waals surface area (Å²) in [4.78, 5) is 12.3. The van der Waals surface area contributed by atoms with E-state index in [0.717, 1.165) is 25.7 Å². The van der Waals surface area contributed by atoms with E-state index < -0.39 is 5.60 Å². The number of carbonyl (C=O) groups is 1. The predicted octanol–water partition coefficient (Wildman–Crippen LogP) is 5.71. The first kappa shape index (κ1) is 19.9. The zero-order chi connectivity index (χ0) is 19.3. The number of carbonyl (C=O) groups excluding carboxylic acids is 1. The van der Waals surface area contributed by atoms with E-state index in [4.69, 9.17) is 0 Å². The van der Waals surface area contributed by atoms with E-state index in [1.807, 2.05) is 13.8 Å². The summed E-state index contributed by atoms with van der Waals surface area (Å²) in [6, 6.07) is 0. The van der Waals surface area contributed by atoms with Gasteiger partial charge in [-0.1, -0.05) is 58.4 Å². The molecule has 146 valence electrons. The molecule has 0 radical (unpaired) electrons. The van der Waals surface area contributed by atoms with Crippen LogP contribution in [0.3, 0.4) is 0 Å². The zero-order valence-electron chi connectivity index (χ0n) is 17.6. The van der Waals surface area contributed by atoms with Gasteiger partial charge in [0.15, 0.2) is 5.78 Å². The van der Waals surface area contributed by atoms with Crippen molar-refractivity contribution in [3.63, 3.8) is 0 Å². The third-order valence-electron chi connectivity index (χ3n) is 8.76. The highest BCUT2D eigenvalue weighted by Crippen LogP contribution is 2.68. The molecule has 26 heavy (non-hydrogen) atoms. The Morgan fingerprint density at radius 2 is 1.81 bits per heavy atom. The molecule has 0 aromatic carbocycles. The highest BCUT2D eigenvalue weighted by atomic mass is 16.3. The largest absolute Gasteiger partial charge is 0.382 e. The van der Waals surface area contributed by atoms with Gasteiger partial charge in [0.2, 0.25) is 0 Å². The maximum atomic E-state index is 12.3. The number of fused-ring (bicyclic) bond motifs is 5. The van der Waals surface area contributed by atoms with Crippen LogP contribution in [-0.4, -0.2) is 16.5 Å². The van der Waals surface area contributed by atoms with Gasteiger partial charge in [-0.05, 0) is 74.5 Å². The predicted molar refractivity (Wildman–Crippen MR) is 108 cm³/mol. The second-order valence-electron chi connectivity index (χ2n) is 9.60. The van der Waals surface area contributed by atoms with Gasteiger partial charge in [-0.15, -0.1) is 0 Å². The van der Waals surface area contributed by atoms with Crippen molar-refractivity contribution < 1.29 is 9.90 Å². The lowest BCUT2D eigenvalue weighted by Crippen LogP contribution is -2.57. The Labute approximate surface area is 160 Å². The first-order valence-corrected chi connectivity index (χ1v) is 10.8. The molecule has 1 N–H and O–H groups in total. The van der Waals surface area contributed by atoms with Crippen molar-refractivity contribution in [1.29, 1.82) is 0 Å². The Morgan fingerprint density at radius 1 is 1.15 bits per heavy atom. The monoisotopic (exact) mass is 358 g/mol. The van der Waals surface area contributed by atoms with E-state index in [-0.39, 0.29) is 16.6 Å². The average Bonchev–Trinajstić information content (AvgIpc) is 2.90. The Morgan fingerprint density at radius 3 is 2.46 bits per heavy atom. The normalized spacial score (nSPS) is 49.1. The van der Waals surface area contributed by atoms with Crippen LogP contribution in [0.25, 0.3) is 0 Å². The number of ketones is 1. The molecule has 0 unspecified atom stereocenters. The number of hydrogen-bond donors (Lipinski definition) is 1. The van der Waals surface area contributed by atoms with Crippen molar-refractivity contribution in [3.8, 4) is 0 Å². The number of rotatable bonds is 1. The summed E-state index contributed by atoms with van der Waals surface area (Å²) in [5.41, 5.74) is 0.627. The average molecular weight is 359 g/mol. The van der Waals surface area contributed by atoms with Gasteiger partial charge in [0, 0.05) is 5.41 Å². The molecule has 0 heterocycles. The van der Waals surface area contributed by atoms with Crippen LogP contribution in [-0.2, 0) is 4.79 Å². The number of hydrogen-bond acceptors (Lipinski definition) is 2. The van der Waals surface area contributed by atoms with Crippen molar-refractivity contribution in [2.45, 2.75) is 85.7 Å². The van der Waals surface area contributed by atoms with Crippen molar-refractivity contribution in [2.24, 2.45) is 34.5 Å². The topological polar surface area (TPSA) is 37.3 Å². The maximum Gasteiger partial charge on any atom is 0.161 e. The maximum absolute atomic E-state index is 12.3. The molecular weight excluding hydrogens is 320 g/mol. The molecule has 3 fully saturated rings. The minimum Gasteiger partial charge on any atom is -0.382 e. The van der Waals surface area contributed by atoms with Crippen molar-refractivity contribution >= 4 is 5.78 Å². The molecule has 3 saturated carbocycles. The quantitative estimate of drug-likeness (QED) is 0.652. The van der Waals surface area contributed by atoms with Crippen LogP contribution < -0.4 is 0 Å². The van der Waals surface area contributed by atoms with Crippen LogP contribution in [0.5, 0.6) is 0 Å². The molecule has 0 aliphatic heterocycles. The van der Waals surface area contributed by atoms with Crippen molar-refractivity contribution in [1.82, 2.24) is 0 Å². The molecule has 4 aliphatic carbocycles. The molecule has 4 aliphatic rings. The van der Waals surface area contributed by atoms with Crippen molar-refractivity contribution in [3.05, 3.63) is 23.8 Å².